The average Bonchev–Trinajstić information content (AvgIpc) is 3.00. The van der Waals surface area contributed by atoms with Gasteiger partial charge in [-0.3, -0.25) is 9.36 Å². The summed E-state index contributed by atoms with van der Waals surface area (Å²) in [6.45, 7) is 3.96. The van der Waals surface area contributed by atoms with Crippen molar-refractivity contribution in [3.8, 4) is 11.6 Å². The quantitative estimate of drug-likeness (QED) is 0.753. The van der Waals surface area contributed by atoms with E-state index in [4.69, 9.17) is 4.74 Å². The molecule has 118 valence electrons. The molecule has 0 saturated heterocycles. The van der Waals surface area contributed by atoms with Gasteiger partial charge >= 0.3 is 0 Å². The summed E-state index contributed by atoms with van der Waals surface area (Å²) < 4.78 is 6.83. The molecular weight excluding hydrogens is 302 g/mol. The largest absolute Gasteiger partial charge is 0.481 e. The van der Waals surface area contributed by atoms with Crippen molar-refractivity contribution in [1.29, 1.82) is 0 Å². The lowest BCUT2D eigenvalue weighted by Crippen LogP contribution is -2.34. The lowest BCUT2D eigenvalue weighted by molar-refractivity contribution is -0.128. The Morgan fingerprint density at radius 3 is 2.82 bits per heavy atom. The number of pyridine rings is 1. The van der Waals surface area contributed by atoms with Crippen LogP contribution in [0.5, 0.6) is 5.88 Å². The molecule has 2 heterocycles. The first-order valence-electron chi connectivity index (χ1n) is 6.81. The minimum atomic E-state index is 0.0578. The second-order valence-corrected chi connectivity index (χ2v) is 5.87. The van der Waals surface area contributed by atoms with E-state index in [1.165, 1.54) is 11.8 Å². The van der Waals surface area contributed by atoms with Gasteiger partial charge in [0, 0.05) is 19.2 Å². The second-order valence-electron chi connectivity index (χ2n) is 4.93. The fraction of sp³-hybridized carbons (Fsp3) is 0.429. The van der Waals surface area contributed by atoms with Gasteiger partial charge in [-0.15, -0.1) is 10.2 Å². The van der Waals surface area contributed by atoms with Gasteiger partial charge in [0.05, 0.1) is 24.7 Å². The van der Waals surface area contributed by atoms with Crippen molar-refractivity contribution < 1.29 is 9.53 Å². The first-order chi connectivity index (χ1) is 10.5. The van der Waals surface area contributed by atoms with E-state index in [-0.39, 0.29) is 11.9 Å². The van der Waals surface area contributed by atoms with E-state index >= 15 is 0 Å². The summed E-state index contributed by atoms with van der Waals surface area (Å²) in [7, 11) is 3.37. The number of carbonyl (C=O) groups is 1. The molecule has 2 aromatic rings. The number of hydrogen-bond acceptors (Lipinski definition) is 6. The van der Waals surface area contributed by atoms with E-state index in [1.807, 2.05) is 19.9 Å². The third kappa shape index (κ3) is 3.76. The molecular formula is C14H19N5O2S. The zero-order valence-corrected chi connectivity index (χ0v) is 13.9. The number of hydrogen-bond donors (Lipinski definition) is 0. The van der Waals surface area contributed by atoms with Gasteiger partial charge in [0.25, 0.3) is 0 Å². The number of carbonyl (C=O) groups excluding carboxylic acids is 1. The normalized spacial score (nSPS) is 10.8. The summed E-state index contributed by atoms with van der Waals surface area (Å²) >= 11 is 1.35. The molecule has 0 aromatic carbocycles. The van der Waals surface area contributed by atoms with Gasteiger partial charge in [0.15, 0.2) is 5.16 Å². The first-order valence-corrected chi connectivity index (χ1v) is 7.80. The van der Waals surface area contributed by atoms with E-state index < -0.39 is 0 Å². The highest BCUT2D eigenvalue weighted by Crippen LogP contribution is 2.20. The Morgan fingerprint density at radius 2 is 2.23 bits per heavy atom. The fourth-order valence-corrected chi connectivity index (χ4v) is 2.50. The Morgan fingerprint density at radius 1 is 1.45 bits per heavy atom. The van der Waals surface area contributed by atoms with Crippen molar-refractivity contribution in [3.63, 3.8) is 0 Å². The van der Waals surface area contributed by atoms with Crippen LogP contribution in [-0.4, -0.2) is 56.5 Å². The van der Waals surface area contributed by atoms with Crippen LogP contribution in [0.1, 0.15) is 13.8 Å². The van der Waals surface area contributed by atoms with Gasteiger partial charge in [0.2, 0.25) is 11.8 Å². The fourth-order valence-electron chi connectivity index (χ4n) is 1.65. The molecule has 7 nitrogen and oxygen atoms in total. The van der Waals surface area contributed by atoms with Gasteiger partial charge in [0.1, 0.15) is 6.33 Å². The van der Waals surface area contributed by atoms with Gasteiger partial charge < -0.3 is 9.64 Å². The number of amides is 1. The third-order valence-electron chi connectivity index (χ3n) is 3.22. The number of methoxy groups -OCH3 is 1. The van der Waals surface area contributed by atoms with Crippen LogP contribution in [0, 0.1) is 0 Å². The molecule has 2 rings (SSSR count). The summed E-state index contributed by atoms with van der Waals surface area (Å²) in [5, 5.41) is 8.62. The topological polar surface area (TPSA) is 73.1 Å². The summed E-state index contributed by atoms with van der Waals surface area (Å²) in [5.41, 5.74) is 0.818. The Kier molecular flexibility index (Phi) is 5.37. The Labute approximate surface area is 133 Å². The van der Waals surface area contributed by atoms with Gasteiger partial charge in [-0.2, -0.15) is 0 Å². The third-order valence-corrected chi connectivity index (χ3v) is 4.15. The van der Waals surface area contributed by atoms with Crippen LogP contribution in [0.2, 0.25) is 0 Å². The van der Waals surface area contributed by atoms with Crippen LogP contribution in [0.4, 0.5) is 0 Å². The SMILES string of the molecule is COc1ccc(-n2cnnc2SCC(=O)N(C)C(C)C)cn1. The molecule has 0 radical (unpaired) electrons. The van der Waals surface area contributed by atoms with Gasteiger partial charge in [-0.05, 0) is 19.9 Å². The number of nitrogens with zero attached hydrogens (tertiary/aromatic N) is 5. The summed E-state index contributed by atoms with van der Waals surface area (Å²) in [6, 6.07) is 3.81. The average molecular weight is 321 g/mol. The summed E-state index contributed by atoms with van der Waals surface area (Å²) in [6.07, 6.45) is 3.27. The van der Waals surface area contributed by atoms with Crippen LogP contribution >= 0.6 is 11.8 Å². The highest BCUT2D eigenvalue weighted by Gasteiger charge is 2.15. The highest BCUT2D eigenvalue weighted by atomic mass is 32.2. The molecule has 0 aliphatic carbocycles. The van der Waals surface area contributed by atoms with E-state index in [0.717, 1.165) is 5.69 Å². The predicted octanol–water partition coefficient (Wildman–Crippen LogP) is 1.63. The molecule has 8 heteroatoms. The van der Waals surface area contributed by atoms with Crippen molar-refractivity contribution in [1.82, 2.24) is 24.6 Å². The minimum Gasteiger partial charge on any atom is -0.481 e. The van der Waals surface area contributed by atoms with Crippen LogP contribution in [0.25, 0.3) is 5.69 Å². The number of aromatic nitrogens is 4. The Balaban J connectivity index is 2.07. The molecule has 0 N–H and O–H groups in total. The van der Waals surface area contributed by atoms with Gasteiger partial charge in [-0.1, -0.05) is 11.8 Å². The Hall–Kier alpha value is -2.09. The molecule has 0 bridgehead atoms. The molecule has 2 aromatic heterocycles. The molecule has 0 unspecified atom stereocenters. The summed E-state index contributed by atoms with van der Waals surface area (Å²) in [4.78, 5) is 17.9. The lowest BCUT2D eigenvalue weighted by atomic mass is 10.3. The number of ether oxygens (including phenoxy) is 1. The Bertz CT molecular complexity index is 626. The minimum absolute atomic E-state index is 0.0578. The van der Waals surface area contributed by atoms with Crippen molar-refractivity contribution in [2.75, 3.05) is 19.9 Å². The van der Waals surface area contributed by atoms with Crippen molar-refractivity contribution in [3.05, 3.63) is 24.7 Å². The number of thioether (sulfide) groups is 1. The van der Waals surface area contributed by atoms with Crippen LogP contribution in [-0.2, 0) is 4.79 Å². The maximum absolute atomic E-state index is 12.0. The van der Waals surface area contributed by atoms with Crippen LogP contribution < -0.4 is 4.74 Å². The zero-order chi connectivity index (χ0) is 16.1. The molecule has 0 fully saturated rings. The van der Waals surface area contributed by atoms with E-state index in [0.29, 0.717) is 16.8 Å². The van der Waals surface area contributed by atoms with E-state index in [1.54, 1.807) is 42.2 Å². The molecule has 0 saturated carbocycles. The molecule has 0 spiro atoms. The molecule has 1 amide bonds. The lowest BCUT2D eigenvalue weighted by Gasteiger charge is -2.20. The second kappa shape index (κ2) is 7.26. The summed E-state index contributed by atoms with van der Waals surface area (Å²) in [5.74, 6) is 0.916. The monoisotopic (exact) mass is 321 g/mol. The maximum atomic E-state index is 12.0. The van der Waals surface area contributed by atoms with Crippen LogP contribution in [0.15, 0.2) is 29.8 Å². The smallest absolute Gasteiger partial charge is 0.233 e. The van der Waals surface area contributed by atoms with Crippen molar-refractivity contribution in [2.24, 2.45) is 0 Å². The predicted molar refractivity (Wildman–Crippen MR) is 84.3 cm³/mol. The molecule has 22 heavy (non-hydrogen) atoms. The first kappa shape index (κ1) is 16.3. The van der Waals surface area contributed by atoms with Gasteiger partial charge in [-0.25, -0.2) is 4.98 Å². The number of rotatable bonds is 6. The zero-order valence-electron chi connectivity index (χ0n) is 13.1. The highest BCUT2D eigenvalue weighted by molar-refractivity contribution is 7.99. The molecule has 0 aliphatic heterocycles. The van der Waals surface area contributed by atoms with Crippen molar-refractivity contribution in [2.45, 2.75) is 25.0 Å². The molecule has 0 atom stereocenters. The standard InChI is InChI=1S/C14H19N5O2S/c1-10(2)18(3)13(20)8-22-14-17-16-9-19(14)11-5-6-12(21-4)15-7-11/h5-7,9-10H,8H2,1-4H3. The van der Waals surface area contributed by atoms with Crippen LogP contribution in [0.3, 0.4) is 0 Å². The van der Waals surface area contributed by atoms with E-state index in [9.17, 15) is 4.79 Å². The molecule has 0 aliphatic rings. The maximum Gasteiger partial charge on any atom is 0.233 e. The van der Waals surface area contributed by atoms with E-state index in [2.05, 4.69) is 15.2 Å². The van der Waals surface area contributed by atoms with Crippen molar-refractivity contribution >= 4 is 17.7 Å².